The van der Waals surface area contributed by atoms with Gasteiger partial charge in [-0.3, -0.25) is 14.5 Å². The Morgan fingerprint density at radius 3 is 2.72 bits per heavy atom. The molecule has 0 spiro atoms. The summed E-state index contributed by atoms with van der Waals surface area (Å²) in [5, 5.41) is 8.57. The highest BCUT2D eigenvalue weighted by Gasteiger charge is 2.31. The molecule has 0 aliphatic heterocycles. The Morgan fingerprint density at radius 2 is 2.03 bits per heavy atom. The van der Waals surface area contributed by atoms with Gasteiger partial charge in [-0.1, -0.05) is 26.0 Å². The minimum Gasteiger partial charge on any atom is -0.460 e. The fourth-order valence-corrected chi connectivity index (χ4v) is 3.43. The standard InChI is InChI=1S/C25H34N4O3/c1-18(2)12-15-29-22-10-9-19(17-31-5)16-21(22)23(28-29)32-25(3,4)24(30)27-14-11-20-8-6-7-13-26-20/h6-10,13,16,18H,11-12,14-15,17H2,1-5H3,(H,27,30). The van der Waals surface area contributed by atoms with Gasteiger partial charge in [-0.15, -0.1) is 5.10 Å². The van der Waals surface area contributed by atoms with Gasteiger partial charge in [0.2, 0.25) is 5.88 Å². The van der Waals surface area contributed by atoms with Gasteiger partial charge in [-0.2, -0.15) is 0 Å². The van der Waals surface area contributed by atoms with Gasteiger partial charge in [-0.05, 0) is 56.0 Å². The van der Waals surface area contributed by atoms with Crippen molar-refractivity contribution < 1.29 is 14.3 Å². The number of aryl methyl sites for hydroxylation is 1. The lowest BCUT2D eigenvalue weighted by atomic mass is 10.1. The minimum atomic E-state index is -1.08. The Hall–Kier alpha value is -2.93. The first kappa shape index (κ1) is 23.7. The van der Waals surface area contributed by atoms with Crippen LogP contribution in [0.1, 0.15) is 45.4 Å². The third-order valence-electron chi connectivity index (χ3n) is 5.30. The topological polar surface area (TPSA) is 78.3 Å². The van der Waals surface area contributed by atoms with E-state index in [1.165, 1.54) is 0 Å². The molecular formula is C25H34N4O3. The van der Waals surface area contributed by atoms with Crippen molar-refractivity contribution in [3.05, 3.63) is 53.9 Å². The fraction of sp³-hybridized carbons (Fsp3) is 0.480. The van der Waals surface area contributed by atoms with Crippen LogP contribution in [0.5, 0.6) is 5.88 Å². The largest absolute Gasteiger partial charge is 0.460 e. The van der Waals surface area contributed by atoms with E-state index in [0.29, 0.717) is 31.4 Å². The highest BCUT2D eigenvalue weighted by Crippen LogP contribution is 2.30. The molecule has 7 nitrogen and oxygen atoms in total. The Labute approximate surface area is 190 Å². The zero-order chi connectivity index (χ0) is 23.1. The first-order valence-electron chi connectivity index (χ1n) is 11.2. The van der Waals surface area contributed by atoms with Crippen LogP contribution < -0.4 is 10.1 Å². The number of carbonyl (C=O) groups is 1. The van der Waals surface area contributed by atoms with Crippen molar-refractivity contribution in [2.45, 2.75) is 59.3 Å². The lowest BCUT2D eigenvalue weighted by Gasteiger charge is -2.24. The molecule has 0 aliphatic carbocycles. The highest BCUT2D eigenvalue weighted by atomic mass is 16.5. The summed E-state index contributed by atoms with van der Waals surface area (Å²) in [6, 6.07) is 11.9. The number of ether oxygens (including phenoxy) is 2. The quantitative estimate of drug-likeness (QED) is 0.487. The molecule has 32 heavy (non-hydrogen) atoms. The second-order valence-corrected chi connectivity index (χ2v) is 8.93. The molecule has 0 aliphatic rings. The van der Waals surface area contributed by atoms with Crippen molar-refractivity contribution in [3.8, 4) is 5.88 Å². The number of hydrogen-bond donors (Lipinski definition) is 1. The first-order chi connectivity index (χ1) is 15.3. The molecule has 1 N–H and O–H groups in total. The van der Waals surface area contributed by atoms with E-state index in [4.69, 9.17) is 14.6 Å². The highest BCUT2D eigenvalue weighted by molar-refractivity contribution is 5.88. The normalized spacial score (nSPS) is 11.8. The van der Waals surface area contributed by atoms with Crippen LogP contribution in [-0.2, 0) is 29.1 Å². The summed E-state index contributed by atoms with van der Waals surface area (Å²) >= 11 is 0. The maximum Gasteiger partial charge on any atom is 0.263 e. The molecule has 3 rings (SSSR count). The van der Waals surface area contributed by atoms with Crippen molar-refractivity contribution in [1.29, 1.82) is 0 Å². The Bertz CT molecular complexity index is 1030. The van der Waals surface area contributed by atoms with Gasteiger partial charge in [0.15, 0.2) is 5.60 Å². The molecule has 0 radical (unpaired) electrons. The van der Waals surface area contributed by atoms with Crippen LogP contribution >= 0.6 is 0 Å². The summed E-state index contributed by atoms with van der Waals surface area (Å²) in [6.45, 7) is 9.70. The van der Waals surface area contributed by atoms with E-state index in [1.807, 2.05) is 41.1 Å². The van der Waals surface area contributed by atoms with Crippen LogP contribution in [0.15, 0.2) is 42.6 Å². The molecule has 1 amide bonds. The van der Waals surface area contributed by atoms with Crippen molar-refractivity contribution >= 4 is 16.8 Å². The number of nitrogens with zero attached hydrogens (tertiary/aromatic N) is 3. The second-order valence-electron chi connectivity index (χ2n) is 8.93. The number of benzene rings is 1. The van der Waals surface area contributed by atoms with Gasteiger partial charge in [0.1, 0.15) is 0 Å². The first-order valence-corrected chi connectivity index (χ1v) is 11.2. The average molecular weight is 439 g/mol. The number of methoxy groups -OCH3 is 1. The SMILES string of the molecule is COCc1ccc2c(c1)c(OC(C)(C)C(=O)NCCc1ccccn1)nn2CCC(C)C. The van der Waals surface area contributed by atoms with Gasteiger partial charge in [0.05, 0.1) is 17.5 Å². The number of carbonyl (C=O) groups excluding carboxylic acids is 1. The number of amides is 1. The average Bonchev–Trinajstić information content (AvgIpc) is 3.09. The monoisotopic (exact) mass is 438 g/mol. The zero-order valence-electron chi connectivity index (χ0n) is 19.7. The van der Waals surface area contributed by atoms with E-state index < -0.39 is 5.60 Å². The maximum absolute atomic E-state index is 12.9. The zero-order valence-corrected chi connectivity index (χ0v) is 19.7. The van der Waals surface area contributed by atoms with Crippen molar-refractivity contribution in [1.82, 2.24) is 20.1 Å². The molecule has 3 aromatic rings. The third kappa shape index (κ3) is 6.07. The molecule has 1 aromatic carbocycles. The van der Waals surface area contributed by atoms with Gasteiger partial charge >= 0.3 is 0 Å². The number of rotatable bonds is 11. The molecule has 172 valence electrons. The van der Waals surface area contributed by atoms with Crippen molar-refractivity contribution in [3.63, 3.8) is 0 Å². The van der Waals surface area contributed by atoms with Crippen LogP contribution in [0.3, 0.4) is 0 Å². The number of aromatic nitrogens is 3. The van der Waals surface area contributed by atoms with Crippen LogP contribution in [0, 0.1) is 5.92 Å². The summed E-state index contributed by atoms with van der Waals surface area (Å²) in [5.74, 6) is 0.839. The van der Waals surface area contributed by atoms with E-state index in [-0.39, 0.29) is 5.91 Å². The summed E-state index contributed by atoms with van der Waals surface area (Å²) in [6.07, 6.45) is 3.42. The van der Waals surface area contributed by atoms with E-state index in [0.717, 1.165) is 35.1 Å². The Kier molecular flexibility index (Phi) is 7.85. The molecule has 0 saturated carbocycles. The van der Waals surface area contributed by atoms with E-state index in [9.17, 15) is 4.79 Å². The van der Waals surface area contributed by atoms with Gasteiger partial charge in [0.25, 0.3) is 5.91 Å². The van der Waals surface area contributed by atoms with Crippen LogP contribution in [0.4, 0.5) is 0 Å². The summed E-state index contributed by atoms with van der Waals surface area (Å²) < 4.78 is 13.5. The van der Waals surface area contributed by atoms with Gasteiger partial charge in [0, 0.05) is 38.5 Å². The number of nitrogens with one attached hydrogen (secondary N) is 1. The molecule has 0 atom stereocenters. The molecule has 2 heterocycles. The number of fused-ring (bicyclic) bond motifs is 1. The smallest absolute Gasteiger partial charge is 0.263 e. The number of pyridine rings is 1. The molecule has 0 bridgehead atoms. The maximum atomic E-state index is 12.9. The van der Waals surface area contributed by atoms with Gasteiger partial charge in [-0.25, -0.2) is 0 Å². The predicted molar refractivity (Wildman–Crippen MR) is 126 cm³/mol. The van der Waals surface area contributed by atoms with E-state index in [1.54, 1.807) is 27.2 Å². The van der Waals surface area contributed by atoms with Crippen LogP contribution in [-0.4, -0.2) is 39.9 Å². The lowest BCUT2D eigenvalue weighted by molar-refractivity contribution is -0.134. The van der Waals surface area contributed by atoms with Crippen LogP contribution in [0.25, 0.3) is 10.9 Å². The van der Waals surface area contributed by atoms with E-state index in [2.05, 4.69) is 24.1 Å². The lowest BCUT2D eigenvalue weighted by Crippen LogP contribution is -2.47. The second kappa shape index (κ2) is 10.6. The molecular weight excluding hydrogens is 404 g/mol. The predicted octanol–water partition coefficient (Wildman–Crippen LogP) is 4.14. The van der Waals surface area contributed by atoms with E-state index >= 15 is 0 Å². The summed E-state index contributed by atoms with van der Waals surface area (Å²) in [5.41, 5.74) is 1.88. The molecule has 2 aromatic heterocycles. The fourth-order valence-electron chi connectivity index (χ4n) is 3.43. The molecule has 0 fully saturated rings. The van der Waals surface area contributed by atoms with Gasteiger partial charge < -0.3 is 14.8 Å². The number of hydrogen-bond acceptors (Lipinski definition) is 5. The van der Waals surface area contributed by atoms with Crippen molar-refractivity contribution in [2.75, 3.05) is 13.7 Å². The summed E-state index contributed by atoms with van der Waals surface area (Å²) in [7, 11) is 1.67. The Morgan fingerprint density at radius 1 is 1.22 bits per heavy atom. The minimum absolute atomic E-state index is 0.189. The van der Waals surface area contributed by atoms with Crippen molar-refractivity contribution in [2.24, 2.45) is 5.92 Å². The molecule has 0 unspecified atom stereocenters. The Balaban J connectivity index is 1.76. The molecule has 0 saturated heterocycles. The molecule has 7 heteroatoms. The third-order valence-corrected chi connectivity index (χ3v) is 5.30. The van der Waals surface area contributed by atoms with Crippen LogP contribution in [0.2, 0.25) is 0 Å². The summed E-state index contributed by atoms with van der Waals surface area (Å²) in [4.78, 5) is 17.2.